The Morgan fingerprint density at radius 3 is 2.10 bits per heavy atom. The van der Waals surface area contributed by atoms with E-state index in [0.717, 1.165) is 0 Å². The number of carbonyl (C=O) groups is 2. The van der Waals surface area contributed by atoms with Gasteiger partial charge in [0.05, 0.1) is 25.8 Å². The van der Waals surface area contributed by atoms with Gasteiger partial charge < -0.3 is 19.1 Å². The largest absolute Gasteiger partial charge is 0.507 e. The van der Waals surface area contributed by atoms with E-state index in [1.165, 1.54) is 12.0 Å². The highest BCUT2D eigenvalue weighted by Gasteiger charge is 2.48. The van der Waals surface area contributed by atoms with Crippen LogP contribution in [0, 0.1) is 6.92 Å². The van der Waals surface area contributed by atoms with Gasteiger partial charge in [-0.25, -0.2) is 0 Å². The fourth-order valence-electron chi connectivity index (χ4n) is 3.54. The van der Waals surface area contributed by atoms with Crippen LogP contribution in [0.3, 0.4) is 0 Å². The first-order valence-electron chi connectivity index (χ1n) is 9.47. The number of ketones is 1. The molecule has 2 heterocycles. The van der Waals surface area contributed by atoms with Gasteiger partial charge in [-0.3, -0.25) is 14.5 Å². The number of rotatable bonds is 5. The first kappa shape index (κ1) is 20.2. The molecule has 1 aromatic heterocycles. The van der Waals surface area contributed by atoms with E-state index in [4.69, 9.17) is 14.0 Å². The lowest BCUT2D eigenvalue weighted by atomic mass is 9.95. The Morgan fingerprint density at radius 2 is 1.58 bits per heavy atom. The molecule has 8 heteroatoms. The van der Waals surface area contributed by atoms with E-state index in [2.05, 4.69) is 5.16 Å². The predicted octanol–water partition coefficient (Wildman–Crippen LogP) is 3.63. The van der Waals surface area contributed by atoms with Crippen LogP contribution in [0.25, 0.3) is 5.76 Å². The summed E-state index contributed by atoms with van der Waals surface area (Å²) in [6.45, 7) is 1.69. The van der Waals surface area contributed by atoms with Crippen LogP contribution in [0.4, 0.5) is 5.82 Å². The van der Waals surface area contributed by atoms with Crippen molar-refractivity contribution in [1.82, 2.24) is 5.16 Å². The highest BCUT2D eigenvalue weighted by atomic mass is 16.5. The molecule has 1 amide bonds. The molecule has 1 N–H and O–H groups in total. The summed E-state index contributed by atoms with van der Waals surface area (Å²) in [6.07, 6.45) is 0. The summed E-state index contributed by atoms with van der Waals surface area (Å²) in [7, 11) is 3.08. The maximum Gasteiger partial charge on any atom is 0.301 e. The standard InChI is InChI=1S/C23H20N2O6/c1-13-12-18(24-31-13)25-20(14-4-8-16(29-2)9-5-14)19(22(27)23(25)28)21(26)15-6-10-17(30-3)11-7-15/h4-12,20,26H,1-3H3/b21-19+/t20-/m1/s1. The zero-order valence-electron chi connectivity index (χ0n) is 17.2. The van der Waals surface area contributed by atoms with Gasteiger partial charge in [-0.2, -0.15) is 0 Å². The maximum absolute atomic E-state index is 13.0. The molecule has 0 aliphatic carbocycles. The van der Waals surface area contributed by atoms with Crippen molar-refractivity contribution < 1.29 is 28.7 Å². The molecule has 1 saturated heterocycles. The van der Waals surface area contributed by atoms with Crippen LogP contribution >= 0.6 is 0 Å². The zero-order chi connectivity index (χ0) is 22.1. The van der Waals surface area contributed by atoms with Crippen LogP contribution < -0.4 is 14.4 Å². The summed E-state index contributed by atoms with van der Waals surface area (Å²) in [4.78, 5) is 27.2. The number of Topliss-reactive ketones (excluding diaryl/α,β-unsaturated/α-hetero) is 1. The molecule has 0 radical (unpaired) electrons. The first-order valence-corrected chi connectivity index (χ1v) is 9.47. The number of carbonyl (C=O) groups excluding carboxylic acids is 2. The molecule has 158 valence electrons. The SMILES string of the molecule is COc1ccc(/C(O)=C2\C(=O)C(=O)N(c3cc(C)on3)[C@@H]2c2ccc(OC)cc2)cc1. The van der Waals surface area contributed by atoms with E-state index >= 15 is 0 Å². The summed E-state index contributed by atoms with van der Waals surface area (Å²) in [5, 5.41) is 15.0. The number of aryl methyl sites for hydroxylation is 1. The van der Waals surface area contributed by atoms with Gasteiger partial charge in [0, 0.05) is 11.6 Å². The van der Waals surface area contributed by atoms with Crippen molar-refractivity contribution in [3.8, 4) is 11.5 Å². The number of hydrogen-bond acceptors (Lipinski definition) is 7. The molecule has 0 spiro atoms. The number of aliphatic hydroxyl groups is 1. The third kappa shape index (κ3) is 3.52. The molecule has 0 unspecified atom stereocenters. The van der Waals surface area contributed by atoms with E-state index in [1.54, 1.807) is 68.6 Å². The molecule has 1 fully saturated rings. The molecule has 0 saturated carbocycles. The number of aliphatic hydroxyl groups excluding tert-OH is 1. The number of amides is 1. The van der Waals surface area contributed by atoms with E-state index in [-0.39, 0.29) is 17.2 Å². The van der Waals surface area contributed by atoms with Crippen LogP contribution in [-0.4, -0.2) is 36.2 Å². The highest BCUT2D eigenvalue weighted by Crippen LogP contribution is 2.42. The number of ether oxygens (including phenoxy) is 2. The molecule has 8 nitrogen and oxygen atoms in total. The number of hydrogen-bond donors (Lipinski definition) is 1. The van der Waals surface area contributed by atoms with Crippen LogP contribution in [0.1, 0.15) is 22.9 Å². The van der Waals surface area contributed by atoms with Crippen molar-refractivity contribution in [3.63, 3.8) is 0 Å². The number of anilines is 1. The van der Waals surface area contributed by atoms with Gasteiger partial charge in [0.25, 0.3) is 5.78 Å². The van der Waals surface area contributed by atoms with E-state index in [1.807, 2.05) is 0 Å². The van der Waals surface area contributed by atoms with Gasteiger partial charge in [0.1, 0.15) is 23.0 Å². The lowest BCUT2D eigenvalue weighted by molar-refractivity contribution is -0.132. The first-order chi connectivity index (χ1) is 14.9. The molecule has 31 heavy (non-hydrogen) atoms. The monoisotopic (exact) mass is 420 g/mol. The van der Waals surface area contributed by atoms with E-state index < -0.39 is 17.7 Å². The Bertz CT molecular complexity index is 1160. The fraction of sp³-hybridized carbons (Fsp3) is 0.174. The van der Waals surface area contributed by atoms with Crippen molar-refractivity contribution in [2.24, 2.45) is 0 Å². The summed E-state index contributed by atoms with van der Waals surface area (Å²) in [5.74, 6) is -0.00634. The lowest BCUT2D eigenvalue weighted by Crippen LogP contribution is -2.29. The number of nitrogens with zero attached hydrogens (tertiary/aromatic N) is 2. The van der Waals surface area contributed by atoms with Gasteiger partial charge in [-0.1, -0.05) is 17.3 Å². The minimum atomic E-state index is -0.891. The zero-order valence-corrected chi connectivity index (χ0v) is 17.2. The average Bonchev–Trinajstić information content (AvgIpc) is 3.34. The number of methoxy groups -OCH3 is 2. The highest BCUT2D eigenvalue weighted by molar-refractivity contribution is 6.51. The van der Waals surface area contributed by atoms with Crippen molar-refractivity contribution in [1.29, 1.82) is 0 Å². The average molecular weight is 420 g/mol. The number of aromatic nitrogens is 1. The Hall–Kier alpha value is -4.07. The number of benzene rings is 2. The minimum absolute atomic E-state index is 0.0408. The molecule has 4 rings (SSSR count). The summed E-state index contributed by atoms with van der Waals surface area (Å²) < 4.78 is 15.5. The van der Waals surface area contributed by atoms with Crippen molar-refractivity contribution in [2.75, 3.05) is 19.1 Å². The summed E-state index contributed by atoms with van der Waals surface area (Å²) in [5.41, 5.74) is 0.949. The van der Waals surface area contributed by atoms with Gasteiger partial charge >= 0.3 is 5.91 Å². The van der Waals surface area contributed by atoms with Crippen LogP contribution in [0.2, 0.25) is 0 Å². The van der Waals surface area contributed by atoms with E-state index in [9.17, 15) is 14.7 Å². The van der Waals surface area contributed by atoms with Crippen molar-refractivity contribution >= 4 is 23.3 Å². The van der Waals surface area contributed by atoms with Crippen molar-refractivity contribution in [3.05, 3.63) is 77.1 Å². The van der Waals surface area contributed by atoms with Gasteiger partial charge in [-0.15, -0.1) is 0 Å². The fourth-order valence-corrected chi connectivity index (χ4v) is 3.54. The quantitative estimate of drug-likeness (QED) is 0.382. The van der Waals surface area contributed by atoms with Crippen LogP contribution in [-0.2, 0) is 9.59 Å². The second kappa shape index (κ2) is 7.98. The topological polar surface area (TPSA) is 102 Å². The normalized spacial score (nSPS) is 17.8. The third-order valence-corrected chi connectivity index (χ3v) is 5.10. The predicted molar refractivity (Wildman–Crippen MR) is 112 cm³/mol. The molecule has 2 aromatic carbocycles. The Kier molecular flexibility index (Phi) is 5.21. The Balaban J connectivity index is 1.90. The van der Waals surface area contributed by atoms with Crippen LogP contribution in [0.5, 0.6) is 11.5 Å². The second-order valence-corrected chi connectivity index (χ2v) is 6.97. The molecule has 1 aliphatic rings. The molecule has 3 aromatic rings. The lowest BCUT2D eigenvalue weighted by Gasteiger charge is -2.23. The molecular weight excluding hydrogens is 400 g/mol. The third-order valence-electron chi connectivity index (χ3n) is 5.10. The molecule has 0 bridgehead atoms. The van der Waals surface area contributed by atoms with Gasteiger partial charge in [-0.05, 0) is 48.9 Å². The van der Waals surface area contributed by atoms with Gasteiger partial charge in [0.2, 0.25) is 0 Å². The summed E-state index contributed by atoms with van der Waals surface area (Å²) in [6, 6.07) is 14.1. The van der Waals surface area contributed by atoms with Gasteiger partial charge in [0.15, 0.2) is 5.82 Å². The molecular formula is C23H20N2O6. The molecule has 1 atom stereocenters. The van der Waals surface area contributed by atoms with Crippen LogP contribution in [0.15, 0.2) is 64.7 Å². The maximum atomic E-state index is 13.0. The Labute approximate surface area is 178 Å². The molecule has 1 aliphatic heterocycles. The summed E-state index contributed by atoms with van der Waals surface area (Å²) >= 11 is 0. The van der Waals surface area contributed by atoms with E-state index in [0.29, 0.717) is 28.4 Å². The minimum Gasteiger partial charge on any atom is -0.507 e. The Morgan fingerprint density at radius 1 is 1.00 bits per heavy atom. The van der Waals surface area contributed by atoms with Crippen molar-refractivity contribution in [2.45, 2.75) is 13.0 Å². The second-order valence-electron chi connectivity index (χ2n) is 6.97. The smallest absolute Gasteiger partial charge is 0.301 e.